The lowest BCUT2D eigenvalue weighted by Gasteiger charge is -2.28. The molecule has 0 aliphatic rings. The van der Waals surface area contributed by atoms with Gasteiger partial charge in [0.1, 0.15) is 0 Å². The molecule has 1 rings (SSSR count). The molecular formula is C12H17N3O4. The maximum atomic E-state index is 11.8. The highest BCUT2D eigenvalue weighted by Crippen LogP contribution is 2.31. The minimum atomic E-state index is -1.15. The van der Waals surface area contributed by atoms with E-state index in [0.717, 1.165) is 0 Å². The van der Waals surface area contributed by atoms with Gasteiger partial charge in [0, 0.05) is 12.5 Å². The molecule has 1 amide bonds. The standard InChI is InChI=1S/C12H17N3O4/c1-7(2)12(3,11(18)19)6-10(17)13-8-4-5-9(16)15-14-8/h4-5,7H,6H2,1-3H3,(H,15,16)(H,18,19)(H,13,14,17). The lowest BCUT2D eigenvalue weighted by molar-refractivity contribution is -0.153. The molecule has 0 saturated carbocycles. The second-order valence-corrected chi connectivity index (χ2v) is 4.91. The van der Waals surface area contributed by atoms with Gasteiger partial charge in [-0.25, -0.2) is 5.10 Å². The Labute approximate surface area is 110 Å². The summed E-state index contributed by atoms with van der Waals surface area (Å²) in [5.41, 5.74) is -1.53. The Hall–Kier alpha value is -2.18. The first kappa shape index (κ1) is 14.9. The number of aromatic amines is 1. The highest BCUT2D eigenvalue weighted by atomic mass is 16.4. The smallest absolute Gasteiger partial charge is 0.310 e. The molecule has 1 atom stereocenters. The van der Waals surface area contributed by atoms with Gasteiger partial charge in [-0.2, -0.15) is 5.10 Å². The molecule has 0 spiro atoms. The van der Waals surface area contributed by atoms with Crippen molar-refractivity contribution in [1.82, 2.24) is 10.2 Å². The Morgan fingerprint density at radius 3 is 2.53 bits per heavy atom. The number of nitrogens with zero attached hydrogens (tertiary/aromatic N) is 1. The summed E-state index contributed by atoms with van der Waals surface area (Å²) >= 11 is 0. The molecule has 0 fully saturated rings. The molecule has 7 nitrogen and oxygen atoms in total. The van der Waals surface area contributed by atoms with Crippen LogP contribution in [0.3, 0.4) is 0 Å². The molecule has 104 valence electrons. The summed E-state index contributed by atoms with van der Waals surface area (Å²) in [6.45, 7) is 5.03. The van der Waals surface area contributed by atoms with Crippen LogP contribution in [0.1, 0.15) is 27.2 Å². The molecule has 1 aromatic heterocycles. The van der Waals surface area contributed by atoms with Crippen LogP contribution in [0.4, 0.5) is 5.82 Å². The van der Waals surface area contributed by atoms with Crippen LogP contribution in [0.25, 0.3) is 0 Å². The minimum absolute atomic E-state index is 0.166. The topological polar surface area (TPSA) is 112 Å². The molecule has 0 aliphatic heterocycles. The van der Waals surface area contributed by atoms with Crippen LogP contribution in [0.5, 0.6) is 0 Å². The van der Waals surface area contributed by atoms with Gasteiger partial charge in [-0.05, 0) is 18.9 Å². The van der Waals surface area contributed by atoms with Gasteiger partial charge in [0.15, 0.2) is 5.82 Å². The van der Waals surface area contributed by atoms with Crippen molar-refractivity contribution in [1.29, 1.82) is 0 Å². The highest BCUT2D eigenvalue weighted by molar-refractivity contribution is 5.93. The number of aliphatic carboxylic acids is 1. The Morgan fingerprint density at radius 1 is 1.47 bits per heavy atom. The molecule has 1 unspecified atom stereocenters. The van der Waals surface area contributed by atoms with E-state index in [4.69, 9.17) is 0 Å². The average molecular weight is 267 g/mol. The number of hydrogen-bond acceptors (Lipinski definition) is 4. The normalized spacial score (nSPS) is 13.9. The van der Waals surface area contributed by atoms with Crippen LogP contribution in [0.2, 0.25) is 0 Å². The van der Waals surface area contributed by atoms with E-state index < -0.39 is 17.3 Å². The zero-order valence-electron chi connectivity index (χ0n) is 11.1. The summed E-state index contributed by atoms with van der Waals surface area (Å²) in [5.74, 6) is -1.49. The predicted octanol–water partition coefficient (Wildman–Crippen LogP) is 0.845. The van der Waals surface area contributed by atoms with E-state index in [0.29, 0.717) is 0 Å². The van der Waals surface area contributed by atoms with E-state index in [1.54, 1.807) is 13.8 Å². The second kappa shape index (κ2) is 5.64. The molecule has 1 heterocycles. The maximum Gasteiger partial charge on any atom is 0.310 e. The number of carboxylic acid groups (broad SMARTS) is 1. The Morgan fingerprint density at radius 2 is 2.11 bits per heavy atom. The number of carboxylic acids is 1. The van der Waals surface area contributed by atoms with Crippen LogP contribution in [-0.2, 0) is 9.59 Å². The van der Waals surface area contributed by atoms with Gasteiger partial charge in [0.2, 0.25) is 5.91 Å². The first-order valence-corrected chi connectivity index (χ1v) is 5.84. The van der Waals surface area contributed by atoms with Crippen molar-refractivity contribution in [3.63, 3.8) is 0 Å². The van der Waals surface area contributed by atoms with Gasteiger partial charge < -0.3 is 10.4 Å². The number of amides is 1. The summed E-state index contributed by atoms with van der Waals surface area (Å²) < 4.78 is 0. The summed E-state index contributed by atoms with van der Waals surface area (Å²) in [4.78, 5) is 33.9. The van der Waals surface area contributed by atoms with Crippen molar-refractivity contribution in [2.24, 2.45) is 11.3 Å². The zero-order chi connectivity index (χ0) is 14.6. The second-order valence-electron chi connectivity index (χ2n) is 4.91. The van der Waals surface area contributed by atoms with E-state index in [9.17, 15) is 19.5 Å². The molecule has 0 saturated heterocycles. The molecule has 0 aliphatic carbocycles. The SMILES string of the molecule is CC(C)C(C)(CC(=O)Nc1ccc(=O)[nH]n1)C(=O)O. The number of carbonyl (C=O) groups is 2. The molecule has 7 heteroatoms. The first-order chi connectivity index (χ1) is 8.75. The maximum absolute atomic E-state index is 11.8. The highest BCUT2D eigenvalue weighted by Gasteiger charge is 2.38. The monoisotopic (exact) mass is 267 g/mol. The number of H-pyrrole nitrogens is 1. The van der Waals surface area contributed by atoms with Crippen LogP contribution in [0.15, 0.2) is 16.9 Å². The number of anilines is 1. The summed E-state index contributed by atoms with van der Waals surface area (Å²) in [7, 11) is 0. The number of aromatic nitrogens is 2. The number of carbonyl (C=O) groups excluding carboxylic acids is 1. The molecule has 1 aromatic rings. The summed E-state index contributed by atoms with van der Waals surface area (Å²) in [6, 6.07) is 2.58. The quantitative estimate of drug-likeness (QED) is 0.732. The molecule has 3 N–H and O–H groups in total. The Kier molecular flexibility index (Phi) is 4.42. The fraction of sp³-hybridized carbons (Fsp3) is 0.500. The van der Waals surface area contributed by atoms with Crippen LogP contribution >= 0.6 is 0 Å². The van der Waals surface area contributed by atoms with Gasteiger partial charge >= 0.3 is 5.97 Å². The fourth-order valence-corrected chi connectivity index (χ4v) is 1.46. The molecule has 0 radical (unpaired) electrons. The fourth-order valence-electron chi connectivity index (χ4n) is 1.46. The third-order valence-electron chi connectivity index (χ3n) is 3.24. The minimum Gasteiger partial charge on any atom is -0.481 e. The van der Waals surface area contributed by atoms with Crippen LogP contribution < -0.4 is 10.9 Å². The van der Waals surface area contributed by atoms with E-state index >= 15 is 0 Å². The van der Waals surface area contributed by atoms with Crippen molar-refractivity contribution in [3.8, 4) is 0 Å². The van der Waals surface area contributed by atoms with Gasteiger partial charge in [-0.1, -0.05) is 13.8 Å². The van der Waals surface area contributed by atoms with Gasteiger partial charge in [-0.3, -0.25) is 14.4 Å². The predicted molar refractivity (Wildman–Crippen MR) is 68.7 cm³/mol. The number of nitrogens with one attached hydrogen (secondary N) is 2. The van der Waals surface area contributed by atoms with Crippen molar-refractivity contribution < 1.29 is 14.7 Å². The Balaban J connectivity index is 2.76. The van der Waals surface area contributed by atoms with Crippen molar-refractivity contribution >= 4 is 17.7 Å². The zero-order valence-corrected chi connectivity index (χ0v) is 11.1. The van der Waals surface area contributed by atoms with Crippen molar-refractivity contribution in [2.45, 2.75) is 27.2 Å². The lowest BCUT2D eigenvalue weighted by atomic mass is 9.76. The third kappa shape index (κ3) is 3.64. The average Bonchev–Trinajstić information content (AvgIpc) is 2.31. The number of rotatable bonds is 5. The van der Waals surface area contributed by atoms with Gasteiger partial charge in [0.05, 0.1) is 5.41 Å². The van der Waals surface area contributed by atoms with Crippen molar-refractivity contribution in [3.05, 3.63) is 22.5 Å². The first-order valence-electron chi connectivity index (χ1n) is 5.84. The van der Waals surface area contributed by atoms with E-state index in [1.165, 1.54) is 19.1 Å². The van der Waals surface area contributed by atoms with Crippen LogP contribution in [0, 0.1) is 11.3 Å². The lowest BCUT2D eigenvalue weighted by Crippen LogP contribution is -2.37. The van der Waals surface area contributed by atoms with E-state index in [2.05, 4.69) is 15.5 Å². The van der Waals surface area contributed by atoms with Crippen molar-refractivity contribution in [2.75, 3.05) is 5.32 Å². The van der Waals surface area contributed by atoms with Gasteiger partial charge in [0.25, 0.3) is 5.56 Å². The molecule has 0 aromatic carbocycles. The third-order valence-corrected chi connectivity index (χ3v) is 3.24. The largest absolute Gasteiger partial charge is 0.481 e. The van der Waals surface area contributed by atoms with E-state index in [-0.39, 0.29) is 23.7 Å². The van der Waals surface area contributed by atoms with Crippen LogP contribution in [-0.4, -0.2) is 27.2 Å². The molecule has 0 bridgehead atoms. The van der Waals surface area contributed by atoms with Gasteiger partial charge in [-0.15, -0.1) is 0 Å². The Bertz CT molecular complexity index is 518. The number of hydrogen-bond donors (Lipinski definition) is 3. The molecular weight excluding hydrogens is 250 g/mol. The molecule has 19 heavy (non-hydrogen) atoms. The summed E-state index contributed by atoms with van der Waals surface area (Å²) in [6.07, 6.45) is -0.166. The summed E-state index contributed by atoms with van der Waals surface area (Å²) in [5, 5.41) is 17.5. The van der Waals surface area contributed by atoms with E-state index in [1.807, 2.05) is 0 Å².